The molecule has 0 aliphatic carbocycles. The molecule has 0 radical (unpaired) electrons. The Bertz CT molecular complexity index is 359. The molecule has 1 fully saturated rings. The molecule has 1 aromatic rings. The van der Waals surface area contributed by atoms with Gasteiger partial charge in [0, 0.05) is 30.3 Å². The minimum atomic E-state index is 0.733. The van der Waals surface area contributed by atoms with Gasteiger partial charge in [-0.05, 0) is 43.9 Å². The Hall–Kier alpha value is -0.120. The van der Waals surface area contributed by atoms with Crippen LogP contribution in [0.2, 0.25) is 5.02 Å². The maximum Gasteiger partial charge on any atom is 0.0634 e. The summed E-state index contributed by atoms with van der Waals surface area (Å²) in [5.41, 5.74) is 1.20. The molecule has 2 nitrogen and oxygen atoms in total. The lowest BCUT2D eigenvalue weighted by molar-refractivity contribution is 0.234. The van der Waals surface area contributed by atoms with Crippen molar-refractivity contribution in [2.24, 2.45) is 0 Å². The second-order valence-electron chi connectivity index (χ2n) is 4.56. The van der Waals surface area contributed by atoms with Crippen LogP contribution in [0.25, 0.3) is 0 Å². The van der Waals surface area contributed by atoms with Gasteiger partial charge in [-0.25, -0.2) is 0 Å². The highest BCUT2D eigenvalue weighted by atomic mass is 79.9. The SMILES string of the molecule is Clc1cnccc1CN1CCCC1CCCBr. The van der Waals surface area contributed by atoms with Gasteiger partial charge in [0.25, 0.3) is 0 Å². The predicted molar refractivity (Wildman–Crippen MR) is 75.7 cm³/mol. The minimum absolute atomic E-state index is 0.733. The van der Waals surface area contributed by atoms with Gasteiger partial charge >= 0.3 is 0 Å². The van der Waals surface area contributed by atoms with Crippen molar-refractivity contribution in [3.63, 3.8) is 0 Å². The number of pyridine rings is 1. The molecular formula is C13H18BrClN2. The van der Waals surface area contributed by atoms with Gasteiger partial charge < -0.3 is 0 Å². The molecule has 1 aromatic heterocycles. The third-order valence-corrected chi connectivity index (χ3v) is 4.30. The summed E-state index contributed by atoms with van der Waals surface area (Å²) in [5, 5.41) is 1.89. The summed E-state index contributed by atoms with van der Waals surface area (Å²) in [4.78, 5) is 6.59. The standard InChI is InChI=1S/C13H18BrClN2/c14-6-1-3-12-4-2-8-17(12)10-11-5-7-16-9-13(11)15/h5,7,9,12H,1-4,6,8,10H2. The van der Waals surface area contributed by atoms with E-state index < -0.39 is 0 Å². The number of nitrogens with zero attached hydrogens (tertiary/aromatic N) is 2. The van der Waals surface area contributed by atoms with Crippen molar-refractivity contribution in [1.29, 1.82) is 0 Å². The first-order valence-electron chi connectivity index (χ1n) is 6.19. The Kier molecular flexibility index (Phi) is 5.26. The molecule has 1 atom stereocenters. The summed E-state index contributed by atoms with van der Waals surface area (Å²) in [5.74, 6) is 0. The van der Waals surface area contributed by atoms with Crippen molar-refractivity contribution < 1.29 is 0 Å². The van der Waals surface area contributed by atoms with Crippen molar-refractivity contribution in [2.45, 2.75) is 38.3 Å². The van der Waals surface area contributed by atoms with Crippen LogP contribution < -0.4 is 0 Å². The van der Waals surface area contributed by atoms with Crippen LogP contribution in [-0.4, -0.2) is 27.8 Å². The van der Waals surface area contributed by atoms with Crippen molar-refractivity contribution in [2.75, 3.05) is 11.9 Å². The van der Waals surface area contributed by atoms with Gasteiger partial charge in [0.2, 0.25) is 0 Å². The molecule has 0 bridgehead atoms. The Balaban J connectivity index is 1.95. The Morgan fingerprint density at radius 1 is 1.53 bits per heavy atom. The third-order valence-electron chi connectivity index (χ3n) is 3.40. The predicted octanol–water partition coefficient (Wildman–Crippen LogP) is 3.87. The van der Waals surface area contributed by atoms with Gasteiger partial charge in [0.15, 0.2) is 0 Å². The number of likely N-dealkylation sites (tertiary alicyclic amines) is 1. The van der Waals surface area contributed by atoms with E-state index in [2.05, 4.69) is 25.8 Å². The number of hydrogen-bond acceptors (Lipinski definition) is 2. The van der Waals surface area contributed by atoms with Crippen LogP contribution >= 0.6 is 27.5 Å². The molecule has 4 heteroatoms. The monoisotopic (exact) mass is 316 g/mol. The van der Waals surface area contributed by atoms with Gasteiger partial charge in [-0.15, -0.1) is 0 Å². The van der Waals surface area contributed by atoms with Gasteiger partial charge in [-0.1, -0.05) is 27.5 Å². The molecule has 1 unspecified atom stereocenters. The zero-order valence-electron chi connectivity index (χ0n) is 9.91. The Morgan fingerprint density at radius 2 is 2.41 bits per heavy atom. The smallest absolute Gasteiger partial charge is 0.0634 e. The summed E-state index contributed by atoms with van der Waals surface area (Å²) < 4.78 is 0. The zero-order chi connectivity index (χ0) is 12.1. The molecule has 0 amide bonds. The summed E-state index contributed by atoms with van der Waals surface area (Å²) >= 11 is 9.67. The maximum atomic E-state index is 6.16. The molecule has 0 aromatic carbocycles. The van der Waals surface area contributed by atoms with Crippen molar-refractivity contribution >= 4 is 27.5 Å². The molecule has 0 saturated carbocycles. The van der Waals surface area contributed by atoms with Gasteiger partial charge in [0.05, 0.1) is 5.02 Å². The average Bonchev–Trinajstić information content (AvgIpc) is 2.77. The molecule has 1 aliphatic heterocycles. The number of rotatable bonds is 5. The summed E-state index contributed by atoms with van der Waals surface area (Å²) in [6, 6.07) is 2.76. The Labute approximate surface area is 116 Å². The van der Waals surface area contributed by atoms with E-state index in [1.807, 2.05) is 12.3 Å². The highest BCUT2D eigenvalue weighted by Gasteiger charge is 2.24. The van der Waals surface area contributed by atoms with Gasteiger partial charge in [0.1, 0.15) is 0 Å². The lowest BCUT2D eigenvalue weighted by Gasteiger charge is -2.24. The summed E-state index contributed by atoms with van der Waals surface area (Å²) in [6.45, 7) is 2.17. The fourth-order valence-corrected chi connectivity index (χ4v) is 3.00. The molecule has 2 rings (SSSR count). The second-order valence-corrected chi connectivity index (χ2v) is 5.77. The summed E-state index contributed by atoms with van der Waals surface area (Å²) in [7, 11) is 0. The zero-order valence-corrected chi connectivity index (χ0v) is 12.3. The van der Waals surface area contributed by atoms with E-state index in [1.165, 1.54) is 37.8 Å². The molecule has 0 N–H and O–H groups in total. The number of alkyl halides is 1. The third kappa shape index (κ3) is 3.67. The fourth-order valence-electron chi connectivity index (χ4n) is 2.49. The van der Waals surface area contributed by atoms with Crippen LogP contribution in [0.3, 0.4) is 0 Å². The lowest BCUT2D eigenvalue weighted by atomic mass is 10.1. The highest BCUT2D eigenvalue weighted by molar-refractivity contribution is 9.09. The molecule has 0 spiro atoms. The minimum Gasteiger partial charge on any atom is -0.296 e. The van der Waals surface area contributed by atoms with Crippen molar-refractivity contribution in [1.82, 2.24) is 9.88 Å². The normalized spacial score (nSPS) is 20.9. The van der Waals surface area contributed by atoms with E-state index in [1.54, 1.807) is 6.20 Å². The Morgan fingerprint density at radius 3 is 3.18 bits per heavy atom. The van der Waals surface area contributed by atoms with E-state index in [9.17, 15) is 0 Å². The summed E-state index contributed by atoms with van der Waals surface area (Å²) in [6.07, 6.45) is 8.75. The molecule has 1 aliphatic rings. The first-order valence-corrected chi connectivity index (χ1v) is 7.69. The van der Waals surface area contributed by atoms with Crippen molar-refractivity contribution in [3.8, 4) is 0 Å². The van der Waals surface area contributed by atoms with Crippen LogP contribution in [0.5, 0.6) is 0 Å². The van der Waals surface area contributed by atoms with E-state index in [-0.39, 0.29) is 0 Å². The molecule has 94 valence electrons. The number of hydrogen-bond donors (Lipinski definition) is 0. The maximum absolute atomic E-state index is 6.16. The van der Waals surface area contributed by atoms with Crippen LogP contribution in [-0.2, 0) is 6.54 Å². The first kappa shape index (κ1) is 13.3. The molecule has 17 heavy (non-hydrogen) atoms. The van der Waals surface area contributed by atoms with E-state index in [4.69, 9.17) is 11.6 Å². The molecular weight excluding hydrogens is 300 g/mol. The largest absolute Gasteiger partial charge is 0.296 e. The van der Waals surface area contributed by atoms with E-state index in [0.29, 0.717) is 0 Å². The number of halogens is 2. The van der Waals surface area contributed by atoms with E-state index in [0.717, 1.165) is 22.9 Å². The highest BCUT2D eigenvalue weighted by Crippen LogP contribution is 2.25. The second kappa shape index (κ2) is 6.72. The van der Waals surface area contributed by atoms with Gasteiger partial charge in [-0.2, -0.15) is 0 Å². The van der Waals surface area contributed by atoms with Crippen LogP contribution in [0.4, 0.5) is 0 Å². The first-order chi connectivity index (χ1) is 8.31. The van der Waals surface area contributed by atoms with Crippen LogP contribution in [0, 0.1) is 0 Å². The number of aromatic nitrogens is 1. The molecule has 2 heterocycles. The quantitative estimate of drug-likeness (QED) is 0.766. The average molecular weight is 318 g/mol. The van der Waals surface area contributed by atoms with Crippen LogP contribution in [0.1, 0.15) is 31.2 Å². The fraction of sp³-hybridized carbons (Fsp3) is 0.615. The van der Waals surface area contributed by atoms with Gasteiger partial charge in [-0.3, -0.25) is 9.88 Å². The van der Waals surface area contributed by atoms with Crippen molar-refractivity contribution in [3.05, 3.63) is 29.0 Å². The topological polar surface area (TPSA) is 16.1 Å². The van der Waals surface area contributed by atoms with E-state index >= 15 is 0 Å². The lowest BCUT2D eigenvalue weighted by Crippen LogP contribution is -2.29. The van der Waals surface area contributed by atoms with Crippen LogP contribution in [0.15, 0.2) is 18.5 Å². The molecule has 1 saturated heterocycles.